The fourth-order valence-electron chi connectivity index (χ4n) is 2.52. The first kappa shape index (κ1) is 19.5. The number of ether oxygens (including phenoxy) is 2. The number of nitrogens with zero attached hydrogens (tertiary/aromatic N) is 1. The van der Waals surface area contributed by atoms with E-state index in [2.05, 4.69) is 5.32 Å². The topological polar surface area (TPSA) is 89.8 Å². The van der Waals surface area contributed by atoms with Gasteiger partial charge in [0.05, 0.1) is 12.7 Å². The van der Waals surface area contributed by atoms with Crippen molar-refractivity contribution in [3.63, 3.8) is 0 Å². The molecule has 0 aliphatic carbocycles. The van der Waals surface area contributed by atoms with Gasteiger partial charge in [0.1, 0.15) is 12.3 Å². The Bertz CT molecular complexity index is 727. The molecule has 1 heterocycles. The molecule has 0 bridgehead atoms. The van der Waals surface area contributed by atoms with Crippen LogP contribution in [0.25, 0.3) is 0 Å². The summed E-state index contributed by atoms with van der Waals surface area (Å²) in [6.45, 7) is 2.19. The van der Waals surface area contributed by atoms with Crippen LogP contribution in [-0.2, 0) is 29.5 Å². The van der Waals surface area contributed by atoms with Crippen molar-refractivity contribution in [2.24, 2.45) is 7.05 Å². The normalized spacial score (nSPS) is 11.7. The highest BCUT2D eigenvalue weighted by Crippen LogP contribution is 2.14. The number of benzene rings is 1. The number of aliphatic hydroxyl groups is 1. The van der Waals surface area contributed by atoms with Gasteiger partial charge in [-0.25, -0.2) is 9.59 Å². The molecule has 1 unspecified atom stereocenters. The number of carbonyl (C=O) groups is 2. The van der Waals surface area contributed by atoms with E-state index in [-0.39, 0.29) is 26.2 Å². The van der Waals surface area contributed by atoms with Crippen molar-refractivity contribution in [1.29, 1.82) is 0 Å². The van der Waals surface area contributed by atoms with Crippen molar-refractivity contribution < 1.29 is 24.2 Å². The Morgan fingerprint density at radius 2 is 1.92 bits per heavy atom. The number of aliphatic hydroxyl groups excluding tert-OH is 1. The van der Waals surface area contributed by atoms with Crippen LogP contribution in [0.3, 0.4) is 0 Å². The SMILES string of the molecule is CCOC(=O)c1c(CC(O)CNC(=O)OCc2ccccc2)ccn1C. The smallest absolute Gasteiger partial charge is 0.407 e. The Balaban J connectivity index is 1.81. The molecule has 0 spiro atoms. The highest BCUT2D eigenvalue weighted by atomic mass is 16.5. The third-order valence-electron chi connectivity index (χ3n) is 3.78. The van der Waals surface area contributed by atoms with E-state index in [1.165, 1.54) is 0 Å². The van der Waals surface area contributed by atoms with Gasteiger partial charge in [-0.3, -0.25) is 0 Å². The molecule has 1 atom stereocenters. The Kier molecular flexibility index (Phi) is 7.23. The van der Waals surface area contributed by atoms with Gasteiger partial charge in [0.2, 0.25) is 0 Å². The van der Waals surface area contributed by atoms with Crippen LogP contribution in [0.4, 0.5) is 4.79 Å². The van der Waals surface area contributed by atoms with Crippen molar-refractivity contribution >= 4 is 12.1 Å². The van der Waals surface area contributed by atoms with Gasteiger partial charge in [0.15, 0.2) is 0 Å². The third kappa shape index (κ3) is 5.63. The van der Waals surface area contributed by atoms with Crippen LogP contribution < -0.4 is 5.32 Å². The first-order valence-corrected chi connectivity index (χ1v) is 8.45. The van der Waals surface area contributed by atoms with Gasteiger partial charge in [-0.1, -0.05) is 30.3 Å². The Morgan fingerprint density at radius 1 is 1.19 bits per heavy atom. The van der Waals surface area contributed by atoms with Crippen LogP contribution in [0, 0.1) is 0 Å². The predicted octanol–water partition coefficient (Wildman–Crippen LogP) is 2.03. The van der Waals surface area contributed by atoms with Crippen molar-refractivity contribution in [1.82, 2.24) is 9.88 Å². The lowest BCUT2D eigenvalue weighted by molar-refractivity contribution is 0.0512. The van der Waals surface area contributed by atoms with E-state index >= 15 is 0 Å². The number of nitrogens with one attached hydrogen (secondary N) is 1. The first-order chi connectivity index (χ1) is 12.5. The van der Waals surface area contributed by atoms with E-state index in [9.17, 15) is 14.7 Å². The zero-order chi connectivity index (χ0) is 18.9. The molecule has 1 aromatic heterocycles. The zero-order valence-electron chi connectivity index (χ0n) is 15.0. The number of hydrogen-bond acceptors (Lipinski definition) is 5. The first-order valence-electron chi connectivity index (χ1n) is 8.45. The fourth-order valence-corrected chi connectivity index (χ4v) is 2.52. The van der Waals surface area contributed by atoms with Crippen LogP contribution in [0.15, 0.2) is 42.6 Å². The van der Waals surface area contributed by atoms with E-state index in [0.717, 1.165) is 5.56 Å². The number of amides is 1. The van der Waals surface area contributed by atoms with Crippen molar-refractivity contribution in [2.45, 2.75) is 26.1 Å². The van der Waals surface area contributed by atoms with E-state index in [4.69, 9.17) is 9.47 Å². The summed E-state index contributed by atoms with van der Waals surface area (Å²) in [5.41, 5.74) is 1.95. The number of aryl methyl sites for hydroxylation is 1. The summed E-state index contributed by atoms with van der Waals surface area (Å²) >= 11 is 0. The van der Waals surface area contributed by atoms with Gasteiger partial charge >= 0.3 is 12.1 Å². The Hall–Kier alpha value is -2.80. The predicted molar refractivity (Wildman–Crippen MR) is 95.7 cm³/mol. The van der Waals surface area contributed by atoms with Crippen molar-refractivity contribution in [3.8, 4) is 0 Å². The second-order valence-electron chi connectivity index (χ2n) is 5.82. The molecule has 140 valence electrons. The number of rotatable bonds is 8. The minimum atomic E-state index is -0.852. The van der Waals surface area contributed by atoms with E-state index in [1.807, 2.05) is 30.3 Å². The lowest BCUT2D eigenvalue weighted by Crippen LogP contribution is -2.33. The van der Waals surface area contributed by atoms with Crippen LogP contribution in [0.1, 0.15) is 28.5 Å². The molecule has 2 N–H and O–H groups in total. The minimum absolute atomic E-state index is 0.0186. The Morgan fingerprint density at radius 3 is 2.62 bits per heavy atom. The lowest BCUT2D eigenvalue weighted by atomic mass is 10.1. The summed E-state index contributed by atoms with van der Waals surface area (Å²) in [4.78, 5) is 23.7. The molecule has 26 heavy (non-hydrogen) atoms. The summed E-state index contributed by atoms with van der Waals surface area (Å²) < 4.78 is 11.8. The van der Waals surface area contributed by atoms with Gasteiger partial charge in [-0.15, -0.1) is 0 Å². The second-order valence-corrected chi connectivity index (χ2v) is 5.82. The van der Waals surface area contributed by atoms with Crippen LogP contribution in [-0.4, -0.2) is 41.0 Å². The van der Waals surface area contributed by atoms with Crippen molar-refractivity contribution in [3.05, 3.63) is 59.4 Å². The third-order valence-corrected chi connectivity index (χ3v) is 3.78. The largest absolute Gasteiger partial charge is 0.461 e. The molecule has 0 saturated heterocycles. The molecule has 0 fully saturated rings. The highest BCUT2D eigenvalue weighted by molar-refractivity contribution is 5.89. The molecule has 2 rings (SSSR count). The minimum Gasteiger partial charge on any atom is -0.461 e. The number of esters is 1. The molecule has 0 aliphatic rings. The van der Waals surface area contributed by atoms with Crippen LogP contribution in [0.5, 0.6) is 0 Å². The number of hydrogen-bond donors (Lipinski definition) is 2. The molecule has 0 aliphatic heterocycles. The van der Waals surface area contributed by atoms with Gasteiger partial charge < -0.3 is 24.5 Å². The molecule has 7 nitrogen and oxygen atoms in total. The molecule has 1 amide bonds. The number of aromatic nitrogens is 1. The number of alkyl carbamates (subject to hydrolysis) is 1. The number of carbonyl (C=O) groups excluding carboxylic acids is 2. The lowest BCUT2D eigenvalue weighted by Gasteiger charge is -2.13. The maximum atomic E-state index is 12.0. The molecule has 0 radical (unpaired) electrons. The quantitative estimate of drug-likeness (QED) is 0.703. The summed E-state index contributed by atoms with van der Waals surface area (Å²) in [6.07, 6.45) is 0.491. The average Bonchev–Trinajstić information content (AvgIpc) is 2.99. The van der Waals surface area contributed by atoms with Crippen molar-refractivity contribution in [2.75, 3.05) is 13.2 Å². The maximum absolute atomic E-state index is 12.0. The fraction of sp³-hybridized carbons (Fsp3) is 0.368. The van der Waals surface area contributed by atoms with Gasteiger partial charge in [0.25, 0.3) is 0 Å². The molecule has 7 heteroatoms. The molecular formula is C19H24N2O5. The van der Waals surface area contributed by atoms with E-state index < -0.39 is 18.2 Å². The summed E-state index contributed by atoms with van der Waals surface area (Å²) in [6, 6.07) is 11.1. The van der Waals surface area contributed by atoms with Gasteiger partial charge in [-0.2, -0.15) is 0 Å². The summed E-state index contributed by atoms with van der Waals surface area (Å²) in [5.74, 6) is -0.433. The Labute approximate surface area is 152 Å². The van der Waals surface area contributed by atoms with Crippen LogP contribution >= 0.6 is 0 Å². The summed E-state index contributed by atoms with van der Waals surface area (Å²) in [7, 11) is 1.74. The van der Waals surface area contributed by atoms with Gasteiger partial charge in [0, 0.05) is 26.2 Å². The monoisotopic (exact) mass is 360 g/mol. The molecular weight excluding hydrogens is 336 g/mol. The zero-order valence-corrected chi connectivity index (χ0v) is 15.0. The van der Waals surface area contributed by atoms with E-state index in [0.29, 0.717) is 11.3 Å². The van der Waals surface area contributed by atoms with Crippen LogP contribution in [0.2, 0.25) is 0 Å². The molecule has 2 aromatic rings. The molecule has 0 saturated carbocycles. The summed E-state index contributed by atoms with van der Waals surface area (Å²) in [5, 5.41) is 12.7. The average molecular weight is 360 g/mol. The standard InChI is InChI=1S/C19H24N2O5/c1-3-25-18(23)17-15(9-10-21(17)2)11-16(22)12-20-19(24)26-13-14-7-5-4-6-8-14/h4-10,16,22H,3,11-13H2,1-2H3,(H,20,24). The van der Waals surface area contributed by atoms with E-state index in [1.54, 1.807) is 30.8 Å². The highest BCUT2D eigenvalue weighted by Gasteiger charge is 2.19. The second kappa shape index (κ2) is 9.62. The molecule has 1 aromatic carbocycles. The van der Waals surface area contributed by atoms with Gasteiger partial charge in [-0.05, 0) is 24.1 Å². The maximum Gasteiger partial charge on any atom is 0.407 e.